The third-order valence-electron chi connectivity index (χ3n) is 4.20. The van der Waals surface area contributed by atoms with E-state index >= 15 is 0 Å². The van der Waals surface area contributed by atoms with Crippen molar-refractivity contribution in [1.82, 2.24) is 20.2 Å². The summed E-state index contributed by atoms with van der Waals surface area (Å²) in [5.41, 5.74) is 1.80. The number of carbonyl (C=O) groups is 2. The molecule has 2 heterocycles. The van der Waals surface area contributed by atoms with Crippen LogP contribution in [0.3, 0.4) is 0 Å². The number of imidazole rings is 1. The number of nitrogens with one attached hydrogen (secondary N) is 2. The van der Waals surface area contributed by atoms with Gasteiger partial charge in [0.25, 0.3) is 5.91 Å². The Morgan fingerprint density at radius 1 is 1.43 bits per heavy atom. The van der Waals surface area contributed by atoms with Crippen LogP contribution in [0.2, 0.25) is 0 Å². The molecule has 3 rings (SSSR count). The molecule has 6 heteroatoms. The van der Waals surface area contributed by atoms with E-state index < -0.39 is 5.41 Å². The summed E-state index contributed by atoms with van der Waals surface area (Å²) < 4.78 is 0. The van der Waals surface area contributed by atoms with Gasteiger partial charge in [-0.25, -0.2) is 4.98 Å². The lowest BCUT2D eigenvalue weighted by Crippen LogP contribution is -2.40. The van der Waals surface area contributed by atoms with Gasteiger partial charge in [-0.15, -0.1) is 0 Å². The van der Waals surface area contributed by atoms with E-state index in [0.717, 1.165) is 11.0 Å². The van der Waals surface area contributed by atoms with Gasteiger partial charge in [0.15, 0.2) is 0 Å². The van der Waals surface area contributed by atoms with Crippen molar-refractivity contribution in [2.75, 3.05) is 20.1 Å². The molecular weight excluding hydrogens is 268 g/mol. The maximum atomic E-state index is 12.6. The number of H-pyrrole nitrogens is 1. The van der Waals surface area contributed by atoms with Crippen LogP contribution in [0.25, 0.3) is 11.0 Å². The van der Waals surface area contributed by atoms with Gasteiger partial charge in [0, 0.05) is 25.7 Å². The van der Waals surface area contributed by atoms with Crippen LogP contribution in [0.4, 0.5) is 0 Å². The number of nitrogens with zero attached hydrogens (tertiary/aromatic N) is 2. The van der Waals surface area contributed by atoms with Crippen molar-refractivity contribution in [3.05, 3.63) is 30.1 Å². The smallest absolute Gasteiger partial charge is 0.253 e. The van der Waals surface area contributed by atoms with Gasteiger partial charge >= 0.3 is 0 Å². The summed E-state index contributed by atoms with van der Waals surface area (Å²) in [6.45, 7) is 2.95. The van der Waals surface area contributed by atoms with Crippen molar-refractivity contribution in [2.45, 2.75) is 13.3 Å². The Balaban J connectivity index is 1.81. The maximum Gasteiger partial charge on any atom is 0.253 e. The Morgan fingerprint density at radius 3 is 3.00 bits per heavy atom. The van der Waals surface area contributed by atoms with Gasteiger partial charge in [-0.05, 0) is 31.5 Å². The molecule has 0 radical (unpaired) electrons. The summed E-state index contributed by atoms with van der Waals surface area (Å²) in [7, 11) is 1.63. The minimum Gasteiger partial charge on any atom is -0.359 e. The number of aromatic amines is 1. The Morgan fingerprint density at radius 2 is 2.24 bits per heavy atom. The van der Waals surface area contributed by atoms with E-state index in [1.54, 1.807) is 30.4 Å². The largest absolute Gasteiger partial charge is 0.359 e. The number of fused-ring (bicyclic) bond motifs is 1. The van der Waals surface area contributed by atoms with E-state index in [2.05, 4.69) is 15.3 Å². The summed E-state index contributed by atoms with van der Waals surface area (Å²) in [5.74, 6) is -0.0547. The van der Waals surface area contributed by atoms with Gasteiger partial charge in [-0.3, -0.25) is 9.59 Å². The molecule has 1 atom stereocenters. The van der Waals surface area contributed by atoms with E-state index in [9.17, 15) is 9.59 Å². The van der Waals surface area contributed by atoms with Crippen LogP contribution < -0.4 is 5.32 Å². The second-order valence-corrected chi connectivity index (χ2v) is 5.75. The van der Waals surface area contributed by atoms with E-state index in [1.807, 2.05) is 13.0 Å². The molecule has 1 aromatic heterocycles. The van der Waals surface area contributed by atoms with Crippen molar-refractivity contribution in [1.29, 1.82) is 0 Å². The number of carbonyl (C=O) groups excluding carboxylic acids is 2. The highest BCUT2D eigenvalue weighted by Gasteiger charge is 2.41. The normalized spacial score (nSPS) is 21.7. The summed E-state index contributed by atoms with van der Waals surface area (Å²) in [4.78, 5) is 33.4. The van der Waals surface area contributed by atoms with E-state index in [4.69, 9.17) is 0 Å². The quantitative estimate of drug-likeness (QED) is 0.869. The Bertz CT molecular complexity index is 709. The predicted molar refractivity (Wildman–Crippen MR) is 78.8 cm³/mol. The van der Waals surface area contributed by atoms with E-state index in [1.165, 1.54) is 0 Å². The third-order valence-corrected chi connectivity index (χ3v) is 4.20. The van der Waals surface area contributed by atoms with Crippen LogP contribution >= 0.6 is 0 Å². The first-order valence-electron chi connectivity index (χ1n) is 6.98. The molecule has 110 valence electrons. The molecule has 0 spiro atoms. The predicted octanol–water partition coefficient (Wildman–Crippen LogP) is 1.16. The zero-order valence-corrected chi connectivity index (χ0v) is 12.1. The number of rotatable bonds is 2. The van der Waals surface area contributed by atoms with Crippen molar-refractivity contribution >= 4 is 22.8 Å². The van der Waals surface area contributed by atoms with Crippen molar-refractivity contribution in [3.63, 3.8) is 0 Å². The average Bonchev–Trinajstić information content (AvgIpc) is 3.12. The monoisotopic (exact) mass is 286 g/mol. The number of amides is 2. The lowest BCUT2D eigenvalue weighted by molar-refractivity contribution is -0.128. The zero-order chi connectivity index (χ0) is 15.0. The SMILES string of the molecule is CNC(=O)C1(C)CCN(C(=O)c2ccc3nc[nH]c3c2)C1. The molecule has 1 fully saturated rings. The van der Waals surface area contributed by atoms with Crippen molar-refractivity contribution in [3.8, 4) is 0 Å². The molecule has 1 unspecified atom stereocenters. The molecule has 1 aliphatic heterocycles. The molecule has 6 nitrogen and oxygen atoms in total. The minimum atomic E-state index is -0.498. The second-order valence-electron chi connectivity index (χ2n) is 5.75. The standard InChI is InChI=1S/C15H18N4O2/c1-15(14(21)16-2)5-6-19(8-15)13(20)10-3-4-11-12(7-10)18-9-17-11/h3-4,7,9H,5-6,8H2,1-2H3,(H,16,21)(H,17,18). The van der Waals surface area contributed by atoms with Crippen LogP contribution in [0.5, 0.6) is 0 Å². The van der Waals surface area contributed by atoms with Gasteiger partial charge in [0.05, 0.1) is 22.8 Å². The first-order valence-corrected chi connectivity index (χ1v) is 6.98. The fraction of sp³-hybridized carbons (Fsp3) is 0.400. The first kappa shape index (κ1) is 13.6. The summed E-state index contributed by atoms with van der Waals surface area (Å²) in [6.07, 6.45) is 2.29. The molecule has 0 saturated carbocycles. The molecule has 21 heavy (non-hydrogen) atoms. The first-order chi connectivity index (χ1) is 10.0. The van der Waals surface area contributed by atoms with Crippen LogP contribution in [-0.4, -0.2) is 46.8 Å². The highest BCUT2D eigenvalue weighted by molar-refractivity contribution is 5.98. The molecule has 0 bridgehead atoms. The van der Waals surface area contributed by atoms with Crippen molar-refractivity contribution in [2.24, 2.45) is 5.41 Å². The van der Waals surface area contributed by atoms with Crippen LogP contribution in [0.1, 0.15) is 23.7 Å². The van der Waals surface area contributed by atoms with Crippen LogP contribution in [0.15, 0.2) is 24.5 Å². The number of aromatic nitrogens is 2. The van der Waals surface area contributed by atoms with Crippen molar-refractivity contribution < 1.29 is 9.59 Å². The van der Waals surface area contributed by atoms with Gasteiger partial charge in [0.1, 0.15) is 0 Å². The maximum absolute atomic E-state index is 12.6. The number of hydrogen-bond acceptors (Lipinski definition) is 3. The zero-order valence-electron chi connectivity index (χ0n) is 12.1. The summed E-state index contributed by atoms with van der Waals surface area (Å²) in [5, 5.41) is 2.68. The summed E-state index contributed by atoms with van der Waals surface area (Å²) in [6, 6.07) is 5.41. The molecule has 1 aromatic carbocycles. The Hall–Kier alpha value is -2.37. The van der Waals surface area contributed by atoms with E-state index in [-0.39, 0.29) is 11.8 Å². The van der Waals surface area contributed by atoms with Crippen LogP contribution in [0, 0.1) is 5.41 Å². The Kier molecular flexibility index (Phi) is 3.16. The molecular formula is C15H18N4O2. The molecule has 1 aliphatic rings. The molecule has 2 aromatic rings. The Labute approximate surface area is 122 Å². The fourth-order valence-corrected chi connectivity index (χ4v) is 2.87. The second kappa shape index (κ2) is 4.87. The lowest BCUT2D eigenvalue weighted by Gasteiger charge is -2.22. The summed E-state index contributed by atoms with van der Waals surface area (Å²) >= 11 is 0. The topological polar surface area (TPSA) is 78.1 Å². The fourth-order valence-electron chi connectivity index (χ4n) is 2.87. The van der Waals surface area contributed by atoms with Gasteiger partial charge in [-0.1, -0.05) is 0 Å². The lowest BCUT2D eigenvalue weighted by atomic mass is 9.89. The molecule has 1 saturated heterocycles. The van der Waals surface area contributed by atoms with Gasteiger partial charge < -0.3 is 15.2 Å². The number of likely N-dealkylation sites (tertiary alicyclic amines) is 1. The number of benzene rings is 1. The highest BCUT2D eigenvalue weighted by atomic mass is 16.2. The third kappa shape index (κ3) is 2.26. The van der Waals surface area contributed by atoms with Gasteiger partial charge in [0.2, 0.25) is 5.91 Å². The van der Waals surface area contributed by atoms with Crippen LogP contribution in [-0.2, 0) is 4.79 Å². The van der Waals surface area contributed by atoms with Gasteiger partial charge in [-0.2, -0.15) is 0 Å². The minimum absolute atomic E-state index is 0.0122. The molecule has 2 N–H and O–H groups in total. The average molecular weight is 286 g/mol. The number of hydrogen-bond donors (Lipinski definition) is 2. The molecule has 0 aliphatic carbocycles. The highest BCUT2D eigenvalue weighted by Crippen LogP contribution is 2.31. The molecule has 2 amide bonds. The van der Waals surface area contributed by atoms with E-state index in [0.29, 0.717) is 25.1 Å².